The van der Waals surface area contributed by atoms with Gasteiger partial charge in [-0.05, 0) is 66.9 Å². The van der Waals surface area contributed by atoms with Crippen molar-refractivity contribution < 1.29 is 14.7 Å². The highest BCUT2D eigenvalue weighted by atomic mass is 16.3. The van der Waals surface area contributed by atoms with Gasteiger partial charge in [-0.3, -0.25) is 9.59 Å². The minimum absolute atomic E-state index is 0.138. The minimum atomic E-state index is -0.863. The number of nitrogens with zero attached hydrogens (tertiary/aromatic N) is 1. The summed E-state index contributed by atoms with van der Waals surface area (Å²) in [5, 5.41) is 15.4. The van der Waals surface area contributed by atoms with Crippen LogP contribution in [0.2, 0.25) is 0 Å². The number of aryl methyl sites for hydroxylation is 2. The van der Waals surface area contributed by atoms with E-state index in [9.17, 15) is 9.59 Å². The maximum Gasteiger partial charge on any atom is 0.329 e. The van der Waals surface area contributed by atoms with E-state index in [0.29, 0.717) is 11.3 Å². The van der Waals surface area contributed by atoms with Crippen molar-refractivity contribution in [3.8, 4) is 5.75 Å². The molecule has 0 aromatic heterocycles. The van der Waals surface area contributed by atoms with Gasteiger partial charge < -0.3 is 10.4 Å². The van der Waals surface area contributed by atoms with Crippen LogP contribution in [-0.2, 0) is 9.59 Å². The molecule has 2 amide bonds. The van der Waals surface area contributed by atoms with Crippen LogP contribution in [0.25, 0.3) is 0 Å². The standard InChI is InChI=1S/C17H17N3O3/c1-11-3-6-14(9-12(11)2)19-16(22)17(23)20-18-10-13-4-7-15(21)8-5-13/h3-10,21H,1-2H3,(H,19,22)(H,20,23)/b18-10-. The lowest BCUT2D eigenvalue weighted by Crippen LogP contribution is -2.32. The van der Waals surface area contributed by atoms with E-state index in [2.05, 4.69) is 15.8 Å². The normalized spacial score (nSPS) is 10.5. The van der Waals surface area contributed by atoms with Crippen molar-refractivity contribution in [1.29, 1.82) is 0 Å². The summed E-state index contributed by atoms with van der Waals surface area (Å²) in [7, 11) is 0. The number of carbonyl (C=O) groups excluding carboxylic acids is 2. The average Bonchev–Trinajstić information content (AvgIpc) is 2.52. The molecule has 0 bridgehead atoms. The van der Waals surface area contributed by atoms with E-state index >= 15 is 0 Å². The molecule has 2 aromatic carbocycles. The van der Waals surface area contributed by atoms with E-state index < -0.39 is 11.8 Å². The van der Waals surface area contributed by atoms with E-state index in [-0.39, 0.29) is 5.75 Å². The Kier molecular flexibility index (Phi) is 5.09. The molecule has 0 atom stereocenters. The van der Waals surface area contributed by atoms with Crippen LogP contribution in [0.4, 0.5) is 5.69 Å². The maximum atomic E-state index is 11.8. The van der Waals surface area contributed by atoms with Crippen molar-refractivity contribution in [1.82, 2.24) is 5.43 Å². The monoisotopic (exact) mass is 311 g/mol. The smallest absolute Gasteiger partial charge is 0.329 e. The second kappa shape index (κ2) is 7.22. The molecule has 2 aromatic rings. The van der Waals surface area contributed by atoms with Crippen molar-refractivity contribution in [3.63, 3.8) is 0 Å². The highest BCUT2D eigenvalue weighted by Gasteiger charge is 2.12. The highest BCUT2D eigenvalue weighted by molar-refractivity contribution is 6.39. The van der Waals surface area contributed by atoms with Gasteiger partial charge in [-0.1, -0.05) is 6.07 Å². The summed E-state index contributed by atoms with van der Waals surface area (Å²) in [6, 6.07) is 11.6. The van der Waals surface area contributed by atoms with Gasteiger partial charge in [0.05, 0.1) is 6.21 Å². The molecular formula is C17H17N3O3. The van der Waals surface area contributed by atoms with Gasteiger partial charge in [-0.2, -0.15) is 5.10 Å². The molecular weight excluding hydrogens is 294 g/mol. The van der Waals surface area contributed by atoms with Crippen LogP contribution < -0.4 is 10.7 Å². The number of phenols is 1. The van der Waals surface area contributed by atoms with Crippen molar-refractivity contribution >= 4 is 23.7 Å². The molecule has 6 nitrogen and oxygen atoms in total. The third-order valence-electron chi connectivity index (χ3n) is 3.24. The van der Waals surface area contributed by atoms with Crippen LogP contribution >= 0.6 is 0 Å². The third kappa shape index (κ3) is 4.67. The first-order valence-corrected chi connectivity index (χ1v) is 6.96. The summed E-state index contributed by atoms with van der Waals surface area (Å²) in [6.45, 7) is 3.89. The topological polar surface area (TPSA) is 90.8 Å². The summed E-state index contributed by atoms with van der Waals surface area (Å²) < 4.78 is 0. The zero-order valence-electron chi connectivity index (χ0n) is 12.8. The fraction of sp³-hybridized carbons (Fsp3) is 0.118. The summed E-state index contributed by atoms with van der Waals surface area (Å²) >= 11 is 0. The molecule has 0 aliphatic rings. The second-order valence-electron chi connectivity index (χ2n) is 5.04. The molecule has 0 saturated carbocycles. The highest BCUT2D eigenvalue weighted by Crippen LogP contribution is 2.13. The quantitative estimate of drug-likeness (QED) is 0.460. The number of rotatable bonds is 3. The molecule has 2 rings (SSSR count). The molecule has 0 radical (unpaired) electrons. The number of amides is 2. The molecule has 0 saturated heterocycles. The molecule has 6 heteroatoms. The lowest BCUT2D eigenvalue weighted by Gasteiger charge is -2.06. The first-order chi connectivity index (χ1) is 11.0. The Morgan fingerprint density at radius 3 is 2.35 bits per heavy atom. The van der Waals surface area contributed by atoms with Crippen LogP contribution in [0, 0.1) is 13.8 Å². The van der Waals surface area contributed by atoms with Crippen LogP contribution in [0.1, 0.15) is 16.7 Å². The van der Waals surface area contributed by atoms with Crippen molar-refractivity contribution in [2.24, 2.45) is 5.10 Å². The Labute approximate surface area is 133 Å². The largest absolute Gasteiger partial charge is 0.508 e. The Morgan fingerprint density at radius 2 is 1.70 bits per heavy atom. The first kappa shape index (κ1) is 16.2. The lowest BCUT2D eigenvalue weighted by molar-refractivity contribution is -0.136. The molecule has 0 spiro atoms. The first-order valence-electron chi connectivity index (χ1n) is 6.96. The van der Waals surface area contributed by atoms with E-state index in [4.69, 9.17) is 5.11 Å². The predicted molar refractivity (Wildman–Crippen MR) is 88.4 cm³/mol. The fourth-order valence-electron chi connectivity index (χ4n) is 1.78. The average molecular weight is 311 g/mol. The van der Waals surface area contributed by atoms with Gasteiger partial charge in [0.15, 0.2) is 0 Å². The van der Waals surface area contributed by atoms with Crippen LogP contribution in [0.5, 0.6) is 5.75 Å². The van der Waals surface area contributed by atoms with Gasteiger partial charge in [0, 0.05) is 5.69 Å². The second-order valence-corrected chi connectivity index (χ2v) is 5.04. The number of phenolic OH excluding ortho intramolecular Hbond substituents is 1. The maximum absolute atomic E-state index is 11.8. The summed E-state index contributed by atoms with van der Waals surface area (Å²) in [5.74, 6) is -1.52. The number of hydrogen-bond donors (Lipinski definition) is 3. The van der Waals surface area contributed by atoms with E-state index in [1.54, 1.807) is 24.3 Å². The van der Waals surface area contributed by atoms with E-state index in [1.807, 2.05) is 19.9 Å². The third-order valence-corrected chi connectivity index (χ3v) is 3.24. The molecule has 118 valence electrons. The predicted octanol–water partition coefficient (Wildman–Crippen LogP) is 2.10. The molecule has 0 aliphatic carbocycles. The Bertz CT molecular complexity index is 752. The zero-order valence-corrected chi connectivity index (χ0v) is 12.8. The number of benzene rings is 2. The van der Waals surface area contributed by atoms with Gasteiger partial charge >= 0.3 is 11.8 Å². The van der Waals surface area contributed by atoms with Gasteiger partial charge in [0.25, 0.3) is 0 Å². The van der Waals surface area contributed by atoms with Gasteiger partial charge in [-0.25, -0.2) is 5.43 Å². The Morgan fingerprint density at radius 1 is 1.00 bits per heavy atom. The van der Waals surface area contributed by atoms with Gasteiger partial charge in [-0.15, -0.1) is 0 Å². The Hall–Kier alpha value is -3.15. The zero-order chi connectivity index (χ0) is 16.8. The number of hydrogen-bond acceptors (Lipinski definition) is 4. The number of nitrogens with one attached hydrogen (secondary N) is 2. The van der Waals surface area contributed by atoms with Crippen LogP contribution in [0.3, 0.4) is 0 Å². The molecule has 3 N–H and O–H groups in total. The molecule has 23 heavy (non-hydrogen) atoms. The number of anilines is 1. The molecule has 0 fully saturated rings. The number of hydrazone groups is 1. The van der Waals surface area contributed by atoms with Crippen LogP contribution in [0.15, 0.2) is 47.6 Å². The summed E-state index contributed by atoms with van der Waals surface area (Å²) in [6.07, 6.45) is 1.38. The summed E-state index contributed by atoms with van der Waals surface area (Å²) in [4.78, 5) is 23.4. The molecule has 0 aliphatic heterocycles. The van der Waals surface area contributed by atoms with E-state index in [1.165, 1.54) is 18.3 Å². The SMILES string of the molecule is Cc1ccc(NC(=O)C(=O)N/N=C\c2ccc(O)cc2)cc1C. The minimum Gasteiger partial charge on any atom is -0.508 e. The van der Waals surface area contributed by atoms with Crippen LogP contribution in [-0.4, -0.2) is 23.1 Å². The molecule has 0 unspecified atom stereocenters. The van der Waals surface area contributed by atoms with Gasteiger partial charge in [0.2, 0.25) is 0 Å². The summed E-state index contributed by atoms with van der Waals surface area (Å²) in [5.41, 5.74) is 5.50. The van der Waals surface area contributed by atoms with E-state index in [0.717, 1.165) is 11.1 Å². The van der Waals surface area contributed by atoms with Crippen molar-refractivity contribution in [3.05, 3.63) is 59.2 Å². The van der Waals surface area contributed by atoms with Crippen molar-refractivity contribution in [2.75, 3.05) is 5.32 Å². The van der Waals surface area contributed by atoms with Gasteiger partial charge in [0.1, 0.15) is 5.75 Å². The lowest BCUT2D eigenvalue weighted by atomic mass is 10.1. The number of aromatic hydroxyl groups is 1. The molecule has 0 heterocycles. The Balaban J connectivity index is 1.90. The van der Waals surface area contributed by atoms with Crippen molar-refractivity contribution in [2.45, 2.75) is 13.8 Å². The fourth-order valence-corrected chi connectivity index (χ4v) is 1.78. The number of carbonyl (C=O) groups is 2.